The minimum Gasteiger partial charge on any atom is -0.285 e. The number of rotatable bonds is 3. The second-order valence-corrected chi connectivity index (χ2v) is 5.67. The summed E-state index contributed by atoms with van der Waals surface area (Å²) in [5.74, 6) is 0.964. The van der Waals surface area contributed by atoms with Crippen molar-refractivity contribution in [1.29, 1.82) is 0 Å². The van der Waals surface area contributed by atoms with Crippen LogP contribution in [0.3, 0.4) is 0 Å². The van der Waals surface area contributed by atoms with E-state index in [2.05, 4.69) is 26.1 Å². The number of aromatic nitrogens is 3. The maximum Gasteiger partial charge on any atom is 0.160 e. The van der Waals surface area contributed by atoms with Gasteiger partial charge in [0.2, 0.25) is 0 Å². The number of benzene rings is 1. The first-order valence-corrected chi connectivity index (χ1v) is 7.13. The minimum atomic E-state index is 0.764. The van der Waals surface area contributed by atoms with E-state index in [1.807, 2.05) is 47.0 Å². The van der Waals surface area contributed by atoms with Gasteiger partial charge in [-0.2, -0.15) is 0 Å². The Balaban J connectivity index is 1.81. The Morgan fingerprint density at radius 1 is 1.00 bits per heavy atom. The minimum absolute atomic E-state index is 0.764. The Labute approximate surface area is 124 Å². The highest BCUT2D eigenvalue weighted by Gasteiger charge is 2.05. The van der Waals surface area contributed by atoms with E-state index in [4.69, 9.17) is 11.6 Å². The first-order valence-electron chi connectivity index (χ1n) is 5.96. The van der Waals surface area contributed by atoms with Gasteiger partial charge in [-0.25, -0.2) is 0 Å². The normalized spacial score (nSPS) is 11.1. The van der Waals surface area contributed by atoms with Gasteiger partial charge in [-0.15, -0.1) is 10.2 Å². The van der Waals surface area contributed by atoms with Crippen LogP contribution in [0.25, 0.3) is 5.65 Å². The van der Waals surface area contributed by atoms with Gasteiger partial charge in [0.25, 0.3) is 0 Å². The molecule has 19 heavy (non-hydrogen) atoms. The average Bonchev–Trinajstić information content (AvgIpc) is 2.80. The van der Waals surface area contributed by atoms with Crippen LogP contribution in [-0.4, -0.2) is 14.6 Å². The van der Waals surface area contributed by atoms with E-state index < -0.39 is 0 Å². The van der Waals surface area contributed by atoms with Crippen molar-refractivity contribution in [3.63, 3.8) is 0 Å². The van der Waals surface area contributed by atoms with Gasteiger partial charge in [-0.3, -0.25) is 4.40 Å². The Bertz CT molecular complexity index is 706. The summed E-state index contributed by atoms with van der Waals surface area (Å²) < 4.78 is 3.03. The Kier molecular flexibility index (Phi) is 3.53. The second-order valence-electron chi connectivity index (χ2n) is 4.32. The number of hydrogen-bond acceptors (Lipinski definition) is 2. The highest BCUT2D eigenvalue weighted by atomic mass is 79.9. The van der Waals surface area contributed by atoms with Gasteiger partial charge < -0.3 is 0 Å². The van der Waals surface area contributed by atoms with Gasteiger partial charge >= 0.3 is 0 Å². The van der Waals surface area contributed by atoms with E-state index in [1.54, 1.807) is 0 Å². The molecule has 0 atom stereocenters. The van der Waals surface area contributed by atoms with Gasteiger partial charge in [-0.05, 0) is 52.2 Å². The molecule has 0 aliphatic rings. The molecule has 0 spiro atoms. The van der Waals surface area contributed by atoms with Crippen LogP contribution >= 0.6 is 27.5 Å². The zero-order valence-corrected chi connectivity index (χ0v) is 12.4. The SMILES string of the molecule is Clc1ccc(CCc2nnc3ccc(Br)cn23)cc1. The van der Waals surface area contributed by atoms with Crippen LogP contribution in [0.1, 0.15) is 11.4 Å². The molecule has 0 unspecified atom stereocenters. The van der Waals surface area contributed by atoms with Crippen LogP contribution in [0, 0.1) is 0 Å². The average molecular weight is 337 g/mol. The fraction of sp³-hybridized carbons (Fsp3) is 0.143. The molecule has 0 N–H and O–H groups in total. The van der Waals surface area contributed by atoms with Crippen molar-refractivity contribution in [2.75, 3.05) is 0 Å². The largest absolute Gasteiger partial charge is 0.285 e. The lowest BCUT2D eigenvalue weighted by atomic mass is 10.1. The van der Waals surface area contributed by atoms with Gasteiger partial charge in [0.05, 0.1) is 0 Å². The van der Waals surface area contributed by atoms with E-state index in [9.17, 15) is 0 Å². The van der Waals surface area contributed by atoms with Crippen molar-refractivity contribution >= 4 is 33.2 Å². The molecule has 0 aliphatic heterocycles. The maximum absolute atomic E-state index is 5.88. The molecule has 2 heterocycles. The lowest BCUT2D eigenvalue weighted by Crippen LogP contribution is -1.98. The lowest BCUT2D eigenvalue weighted by molar-refractivity contribution is 0.838. The molecule has 0 amide bonds. The van der Waals surface area contributed by atoms with E-state index in [0.717, 1.165) is 33.8 Å². The lowest BCUT2D eigenvalue weighted by Gasteiger charge is -2.02. The summed E-state index contributed by atoms with van der Waals surface area (Å²) in [5, 5.41) is 9.16. The molecule has 3 nitrogen and oxygen atoms in total. The molecule has 0 saturated heterocycles. The molecule has 0 saturated carbocycles. The zero-order valence-electron chi connectivity index (χ0n) is 10.1. The summed E-state index contributed by atoms with van der Waals surface area (Å²) in [6, 6.07) is 11.8. The van der Waals surface area contributed by atoms with Gasteiger partial charge in [0.15, 0.2) is 5.65 Å². The zero-order chi connectivity index (χ0) is 13.2. The monoisotopic (exact) mass is 335 g/mol. The summed E-state index contributed by atoms with van der Waals surface area (Å²) in [4.78, 5) is 0. The number of pyridine rings is 1. The van der Waals surface area contributed by atoms with Gasteiger partial charge in [0, 0.05) is 22.1 Å². The molecule has 0 fully saturated rings. The number of halogens is 2. The number of fused-ring (bicyclic) bond motifs is 1. The molecule has 1 aromatic carbocycles. The third kappa shape index (κ3) is 2.80. The molecule has 96 valence electrons. The molecule has 5 heteroatoms. The highest BCUT2D eigenvalue weighted by molar-refractivity contribution is 9.10. The first-order chi connectivity index (χ1) is 9.22. The van der Waals surface area contributed by atoms with Crippen LogP contribution < -0.4 is 0 Å². The molecule has 0 radical (unpaired) electrons. The fourth-order valence-electron chi connectivity index (χ4n) is 1.99. The summed E-state index contributed by atoms with van der Waals surface area (Å²) in [6.45, 7) is 0. The third-order valence-corrected chi connectivity index (χ3v) is 3.71. The van der Waals surface area contributed by atoms with Crippen molar-refractivity contribution in [1.82, 2.24) is 14.6 Å². The third-order valence-electron chi connectivity index (χ3n) is 2.99. The van der Waals surface area contributed by atoms with Crippen LogP contribution in [0.2, 0.25) is 5.02 Å². The summed E-state index contributed by atoms with van der Waals surface area (Å²) in [6.07, 6.45) is 3.76. The molecule has 2 aromatic heterocycles. The van der Waals surface area contributed by atoms with Crippen LogP contribution in [0.15, 0.2) is 47.1 Å². The van der Waals surface area contributed by atoms with E-state index in [1.165, 1.54) is 5.56 Å². The number of nitrogens with zero attached hydrogens (tertiary/aromatic N) is 3. The molecule has 3 rings (SSSR count). The van der Waals surface area contributed by atoms with Crippen LogP contribution in [-0.2, 0) is 12.8 Å². The van der Waals surface area contributed by atoms with Crippen molar-refractivity contribution < 1.29 is 0 Å². The molecule has 3 aromatic rings. The number of hydrogen-bond donors (Lipinski definition) is 0. The molecular formula is C14H11BrClN3. The quantitative estimate of drug-likeness (QED) is 0.725. The van der Waals surface area contributed by atoms with Gasteiger partial charge in [0.1, 0.15) is 5.82 Å². The fourth-order valence-corrected chi connectivity index (χ4v) is 2.45. The predicted octanol–water partition coefficient (Wildman–Crippen LogP) is 3.93. The standard InChI is InChI=1S/C14H11BrClN3/c15-11-4-8-14-18-17-13(19(14)9-11)7-3-10-1-5-12(16)6-2-10/h1-2,4-6,8-9H,3,7H2. The summed E-state index contributed by atoms with van der Waals surface area (Å²) >= 11 is 9.34. The van der Waals surface area contributed by atoms with E-state index >= 15 is 0 Å². The Hall–Kier alpha value is -1.39. The smallest absolute Gasteiger partial charge is 0.160 e. The Morgan fingerprint density at radius 3 is 2.58 bits per heavy atom. The van der Waals surface area contributed by atoms with Crippen molar-refractivity contribution in [2.24, 2.45) is 0 Å². The Morgan fingerprint density at radius 2 is 1.79 bits per heavy atom. The van der Waals surface area contributed by atoms with E-state index in [-0.39, 0.29) is 0 Å². The van der Waals surface area contributed by atoms with E-state index in [0.29, 0.717) is 0 Å². The maximum atomic E-state index is 5.88. The molecule has 0 aliphatic carbocycles. The second kappa shape index (κ2) is 5.31. The molecule has 0 bridgehead atoms. The van der Waals surface area contributed by atoms with Gasteiger partial charge in [-0.1, -0.05) is 23.7 Å². The summed E-state index contributed by atoms with van der Waals surface area (Å²) in [5.41, 5.74) is 2.12. The highest BCUT2D eigenvalue weighted by Crippen LogP contribution is 2.14. The molecular weight excluding hydrogens is 326 g/mol. The predicted molar refractivity (Wildman–Crippen MR) is 79.5 cm³/mol. The van der Waals surface area contributed by atoms with Crippen molar-refractivity contribution in [2.45, 2.75) is 12.8 Å². The topological polar surface area (TPSA) is 30.2 Å². The summed E-state index contributed by atoms with van der Waals surface area (Å²) in [7, 11) is 0. The number of aryl methyl sites for hydroxylation is 2. The van der Waals surface area contributed by atoms with Crippen molar-refractivity contribution in [3.8, 4) is 0 Å². The van der Waals surface area contributed by atoms with Crippen molar-refractivity contribution in [3.05, 3.63) is 63.5 Å². The van der Waals surface area contributed by atoms with Crippen LogP contribution in [0.5, 0.6) is 0 Å². The van der Waals surface area contributed by atoms with Crippen LogP contribution in [0.4, 0.5) is 0 Å². The first kappa shape index (κ1) is 12.6.